The van der Waals surface area contributed by atoms with Crippen molar-refractivity contribution in [3.05, 3.63) is 35.4 Å². The Bertz CT molecular complexity index is 443. The largest absolute Gasteiger partial charge is 0.315 e. The fourth-order valence-electron chi connectivity index (χ4n) is 3.59. The van der Waals surface area contributed by atoms with Crippen LogP contribution in [-0.4, -0.2) is 30.6 Å². The van der Waals surface area contributed by atoms with E-state index in [9.17, 15) is 8.78 Å². The molecular weight excluding hydrogens is 246 g/mol. The predicted molar refractivity (Wildman–Crippen MR) is 70.9 cm³/mol. The van der Waals surface area contributed by atoms with Crippen molar-refractivity contribution >= 4 is 0 Å². The summed E-state index contributed by atoms with van der Waals surface area (Å²) in [6, 6.07) is 4.43. The third-order valence-electron chi connectivity index (χ3n) is 4.59. The van der Waals surface area contributed by atoms with Crippen molar-refractivity contribution in [3.63, 3.8) is 0 Å². The van der Waals surface area contributed by atoms with E-state index in [1.165, 1.54) is 25.0 Å². The van der Waals surface area contributed by atoms with E-state index in [2.05, 4.69) is 17.1 Å². The molecule has 2 heterocycles. The van der Waals surface area contributed by atoms with Gasteiger partial charge in [-0.3, -0.25) is 4.90 Å². The van der Waals surface area contributed by atoms with E-state index < -0.39 is 11.6 Å². The first-order valence-corrected chi connectivity index (χ1v) is 7.07. The van der Waals surface area contributed by atoms with E-state index >= 15 is 0 Å². The van der Waals surface area contributed by atoms with Gasteiger partial charge in [0, 0.05) is 24.7 Å². The van der Waals surface area contributed by atoms with E-state index in [4.69, 9.17) is 0 Å². The van der Waals surface area contributed by atoms with E-state index in [-0.39, 0.29) is 6.04 Å². The van der Waals surface area contributed by atoms with Gasteiger partial charge in [-0.15, -0.1) is 0 Å². The van der Waals surface area contributed by atoms with Crippen LogP contribution in [0.4, 0.5) is 8.78 Å². The third kappa shape index (κ3) is 2.51. The molecule has 3 unspecified atom stereocenters. The van der Waals surface area contributed by atoms with Gasteiger partial charge in [0.2, 0.25) is 0 Å². The van der Waals surface area contributed by atoms with Crippen LogP contribution in [0.25, 0.3) is 0 Å². The first-order chi connectivity index (χ1) is 9.15. The number of piperidine rings is 1. The molecule has 2 aliphatic rings. The molecule has 1 aromatic carbocycles. The zero-order valence-electron chi connectivity index (χ0n) is 11.2. The molecule has 2 fully saturated rings. The van der Waals surface area contributed by atoms with Crippen LogP contribution in [0.1, 0.15) is 31.4 Å². The van der Waals surface area contributed by atoms with Crippen LogP contribution in [0.5, 0.6) is 0 Å². The number of fused-ring (bicyclic) bond motifs is 1. The number of benzene rings is 1. The molecule has 3 atom stereocenters. The molecule has 0 bridgehead atoms. The maximum atomic E-state index is 13.4. The Balaban J connectivity index is 1.84. The predicted octanol–water partition coefficient (Wildman–Crippen LogP) is 2.71. The fourth-order valence-corrected chi connectivity index (χ4v) is 3.59. The number of hydrogen-bond acceptors (Lipinski definition) is 2. The molecule has 0 aromatic heterocycles. The smallest absolute Gasteiger partial charge is 0.126 e. The van der Waals surface area contributed by atoms with Crippen LogP contribution in [-0.2, 0) is 0 Å². The summed E-state index contributed by atoms with van der Waals surface area (Å²) in [5.74, 6) is -0.283. The number of halogens is 2. The molecule has 1 aromatic rings. The standard InChI is InChI=1S/C15H20F2N2/c1-10(12-5-13(16)7-14(17)6-12)19-4-2-3-11-8-18-9-15(11)19/h5-7,10-11,15,18H,2-4,8-9H2,1H3. The number of nitrogens with zero attached hydrogens (tertiary/aromatic N) is 1. The molecule has 4 heteroatoms. The number of rotatable bonds is 2. The van der Waals surface area contributed by atoms with Gasteiger partial charge < -0.3 is 5.32 Å². The maximum Gasteiger partial charge on any atom is 0.126 e. The second-order valence-corrected chi connectivity index (χ2v) is 5.74. The zero-order valence-corrected chi connectivity index (χ0v) is 11.2. The normalized spacial score (nSPS) is 29.2. The lowest BCUT2D eigenvalue weighted by molar-refractivity contribution is 0.0844. The Labute approximate surface area is 112 Å². The van der Waals surface area contributed by atoms with Crippen LogP contribution in [0, 0.1) is 17.6 Å². The van der Waals surface area contributed by atoms with Crippen LogP contribution in [0.3, 0.4) is 0 Å². The van der Waals surface area contributed by atoms with E-state index in [1.54, 1.807) is 0 Å². The molecule has 0 spiro atoms. The molecule has 2 nitrogen and oxygen atoms in total. The average Bonchev–Trinajstić information content (AvgIpc) is 2.84. The van der Waals surface area contributed by atoms with Crippen molar-refractivity contribution in [2.24, 2.45) is 5.92 Å². The van der Waals surface area contributed by atoms with Crippen molar-refractivity contribution in [2.75, 3.05) is 19.6 Å². The minimum Gasteiger partial charge on any atom is -0.315 e. The number of hydrogen-bond donors (Lipinski definition) is 1. The Morgan fingerprint density at radius 2 is 1.95 bits per heavy atom. The van der Waals surface area contributed by atoms with Gasteiger partial charge in [-0.05, 0) is 56.5 Å². The molecule has 2 saturated heterocycles. The van der Waals surface area contributed by atoms with Crippen LogP contribution >= 0.6 is 0 Å². The zero-order chi connectivity index (χ0) is 13.4. The van der Waals surface area contributed by atoms with E-state index in [1.807, 2.05) is 0 Å². The van der Waals surface area contributed by atoms with Crippen molar-refractivity contribution in [3.8, 4) is 0 Å². The average molecular weight is 266 g/mol. The van der Waals surface area contributed by atoms with E-state index in [0.717, 1.165) is 31.3 Å². The summed E-state index contributed by atoms with van der Waals surface area (Å²) in [5, 5.41) is 3.43. The van der Waals surface area contributed by atoms with Gasteiger partial charge in [0.15, 0.2) is 0 Å². The fraction of sp³-hybridized carbons (Fsp3) is 0.600. The van der Waals surface area contributed by atoms with Gasteiger partial charge in [0.1, 0.15) is 11.6 Å². The summed E-state index contributed by atoms with van der Waals surface area (Å²) in [5.41, 5.74) is 0.741. The van der Waals surface area contributed by atoms with Gasteiger partial charge in [0.05, 0.1) is 0 Å². The quantitative estimate of drug-likeness (QED) is 0.885. The van der Waals surface area contributed by atoms with Gasteiger partial charge in [-0.2, -0.15) is 0 Å². The third-order valence-corrected chi connectivity index (χ3v) is 4.59. The summed E-state index contributed by atoms with van der Waals surface area (Å²) in [7, 11) is 0. The lowest BCUT2D eigenvalue weighted by atomic mass is 9.89. The highest BCUT2D eigenvalue weighted by Gasteiger charge is 2.37. The Morgan fingerprint density at radius 3 is 2.68 bits per heavy atom. The summed E-state index contributed by atoms with van der Waals surface area (Å²) < 4.78 is 26.7. The highest BCUT2D eigenvalue weighted by Crippen LogP contribution is 2.33. The first-order valence-electron chi connectivity index (χ1n) is 7.07. The highest BCUT2D eigenvalue weighted by molar-refractivity contribution is 5.21. The van der Waals surface area contributed by atoms with Gasteiger partial charge >= 0.3 is 0 Å². The molecule has 19 heavy (non-hydrogen) atoms. The summed E-state index contributed by atoms with van der Waals surface area (Å²) in [4.78, 5) is 2.41. The van der Waals surface area contributed by atoms with Crippen LogP contribution < -0.4 is 5.32 Å². The molecule has 3 rings (SSSR count). The molecule has 0 radical (unpaired) electrons. The monoisotopic (exact) mass is 266 g/mol. The van der Waals surface area contributed by atoms with Crippen molar-refractivity contribution in [1.82, 2.24) is 10.2 Å². The second-order valence-electron chi connectivity index (χ2n) is 5.74. The molecule has 1 N–H and O–H groups in total. The lowest BCUT2D eigenvalue weighted by Gasteiger charge is -2.41. The Kier molecular flexibility index (Phi) is 3.54. The molecule has 0 amide bonds. The first kappa shape index (κ1) is 13.0. The van der Waals surface area contributed by atoms with Crippen molar-refractivity contribution < 1.29 is 8.78 Å². The van der Waals surface area contributed by atoms with Crippen molar-refractivity contribution in [1.29, 1.82) is 0 Å². The van der Waals surface area contributed by atoms with Crippen molar-refractivity contribution in [2.45, 2.75) is 31.8 Å². The Morgan fingerprint density at radius 1 is 1.21 bits per heavy atom. The maximum absolute atomic E-state index is 13.4. The summed E-state index contributed by atoms with van der Waals surface area (Å²) >= 11 is 0. The minimum atomic E-state index is -0.486. The van der Waals surface area contributed by atoms with Gasteiger partial charge in [-0.1, -0.05) is 0 Å². The van der Waals surface area contributed by atoms with Gasteiger partial charge in [-0.25, -0.2) is 8.78 Å². The number of nitrogens with one attached hydrogen (secondary N) is 1. The highest BCUT2D eigenvalue weighted by atomic mass is 19.1. The topological polar surface area (TPSA) is 15.3 Å². The Hall–Kier alpha value is -1.00. The van der Waals surface area contributed by atoms with Crippen LogP contribution in [0.15, 0.2) is 18.2 Å². The van der Waals surface area contributed by atoms with E-state index in [0.29, 0.717) is 12.0 Å². The molecule has 0 aliphatic carbocycles. The second kappa shape index (κ2) is 5.17. The van der Waals surface area contributed by atoms with Crippen LogP contribution in [0.2, 0.25) is 0 Å². The molecule has 0 saturated carbocycles. The SMILES string of the molecule is CC(c1cc(F)cc(F)c1)N1CCCC2CNCC21. The minimum absolute atomic E-state index is 0.0675. The lowest BCUT2D eigenvalue weighted by Crippen LogP contribution is -2.46. The molecular formula is C15H20F2N2. The summed E-state index contributed by atoms with van der Waals surface area (Å²) in [6.45, 7) is 5.13. The number of likely N-dealkylation sites (tertiary alicyclic amines) is 1. The van der Waals surface area contributed by atoms with Gasteiger partial charge in [0.25, 0.3) is 0 Å². The molecule has 104 valence electrons. The summed E-state index contributed by atoms with van der Waals surface area (Å²) in [6.07, 6.45) is 2.43. The molecule has 2 aliphatic heterocycles.